The Bertz CT molecular complexity index is 329. The predicted molar refractivity (Wildman–Crippen MR) is 96.8 cm³/mol. The van der Waals surface area contributed by atoms with E-state index in [-0.39, 0.29) is 6.10 Å². The summed E-state index contributed by atoms with van der Waals surface area (Å²) in [6.07, 6.45) is 23.1. The van der Waals surface area contributed by atoms with Gasteiger partial charge in [-0.25, -0.2) is 4.89 Å². The summed E-state index contributed by atoms with van der Waals surface area (Å²) in [5.74, 6) is 0.526. The van der Waals surface area contributed by atoms with Gasteiger partial charge in [-0.2, -0.15) is 0 Å². The van der Waals surface area contributed by atoms with E-state index < -0.39 is 0 Å². The van der Waals surface area contributed by atoms with Gasteiger partial charge in [0, 0.05) is 10.1 Å². The van der Waals surface area contributed by atoms with E-state index in [2.05, 4.69) is 26.2 Å². The van der Waals surface area contributed by atoms with Crippen molar-refractivity contribution in [2.45, 2.75) is 109 Å². The number of hydrogen-bond acceptors (Lipinski definition) is 6. The smallest absolute Gasteiger partial charge is 0.129 e. The summed E-state index contributed by atoms with van der Waals surface area (Å²) in [5.41, 5.74) is 0. The summed E-state index contributed by atoms with van der Waals surface area (Å²) in [6.45, 7) is 0. The molecule has 6 heteroatoms. The third kappa shape index (κ3) is 11.1. The van der Waals surface area contributed by atoms with Crippen molar-refractivity contribution in [2.24, 2.45) is 5.92 Å². The topological polar surface area (TPSA) is 55.4 Å². The van der Waals surface area contributed by atoms with Crippen LogP contribution in [0.3, 0.4) is 0 Å². The van der Waals surface area contributed by atoms with Gasteiger partial charge < -0.3 is 4.89 Å². The molecule has 2 aliphatic heterocycles. The van der Waals surface area contributed by atoms with E-state index in [9.17, 15) is 0 Å². The molecule has 0 aromatic rings. The van der Waals surface area contributed by atoms with Crippen LogP contribution in [0.1, 0.15) is 103 Å². The van der Waals surface area contributed by atoms with Gasteiger partial charge in [0.25, 0.3) is 0 Å². The molecule has 0 amide bonds. The average molecular weight is 373 g/mol. The highest BCUT2D eigenvalue weighted by Crippen LogP contribution is 2.22. The Labute approximate surface area is 157 Å². The molecule has 1 aliphatic carbocycles. The summed E-state index contributed by atoms with van der Waals surface area (Å²) in [6, 6.07) is 0. The average Bonchev–Trinajstić information content (AvgIpc) is 2.65. The Balaban J connectivity index is 1.91. The summed E-state index contributed by atoms with van der Waals surface area (Å²) in [5, 5.41) is 17.8. The van der Waals surface area contributed by atoms with Crippen LogP contribution in [0.25, 0.3) is 0 Å². The second-order valence-electron chi connectivity index (χ2n) is 7.57. The zero-order valence-corrected chi connectivity index (χ0v) is 16.1. The molecule has 0 aromatic carbocycles. The Morgan fingerprint density at radius 3 is 1.62 bits per heavy atom. The van der Waals surface area contributed by atoms with Crippen LogP contribution in [0, 0.1) is 5.92 Å². The first-order chi connectivity index (χ1) is 12.9. The maximum absolute atomic E-state index is 5.32. The number of rotatable bonds is 0. The fourth-order valence-electron chi connectivity index (χ4n) is 3.82. The van der Waals surface area contributed by atoms with Crippen LogP contribution in [0.15, 0.2) is 12.3 Å². The van der Waals surface area contributed by atoms with Gasteiger partial charge in [-0.05, 0) is 47.8 Å². The third-order valence-corrected chi connectivity index (χ3v) is 5.41. The lowest BCUT2D eigenvalue weighted by Crippen LogP contribution is -2.14. The van der Waals surface area contributed by atoms with Gasteiger partial charge in [-0.15, -0.1) is 0 Å². The molecule has 0 spiro atoms. The summed E-state index contributed by atoms with van der Waals surface area (Å²) in [7, 11) is 0. The van der Waals surface area contributed by atoms with E-state index in [0.29, 0.717) is 5.92 Å². The molecular weight excluding hydrogens is 336 g/mol. The molecule has 0 saturated heterocycles. The first kappa shape index (κ1) is 21.6. The lowest BCUT2D eigenvalue weighted by molar-refractivity contribution is -0.755. The van der Waals surface area contributed by atoms with E-state index in [0.717, 1.165) is 25.7 Å². The summed E-state index contributed by atoms with van der Waals surface area (Å²) >= 11 is 0. The molecule has 0 unspecified atom stereocenters. The SMILES string of the molecule is C1=C/C2CCCCCCCCC(CCCCCCCC2)OOOOOO/1. The molecule has 6 nitrogen and oxygen atoms in total. The first-order valence-corrected chi connectivity index (χ1v) is 10.6. The molecule has 26 heavy (non-hydrogen) atoms. The highest BCUT2D eigenvalue weighted by atomic mass is 17.8. The quantitative estimate of drug-likeness (QED) is 0.457. The van der Waals surface area contributed by atoms with Crippen molar-refractivity contribution in [3.8, 4) is 0 Å². The van der Waals surface area contributed by atoms with Crippen molar-refractivity contribution >= 4 is 0 Å². The van der Waals surface area contributed by atoms with Crippen molar-refractivity contribution in [1.29, 1.82) is 0 Å². The molecule has 152 valence electrons. The number of hydrogen-bond donors (Lipinski definition) is 0. The zero-order chi connectivity index (χ0) is 18.1. The standard InChI is InChI=1S/C20H36O6/c1-3-7-11-15-20-16-12-8-4-2-6-10-14-19(13-9-5-1)17-18-21-23-25-26-24-22-20/h17-20H,1-16H2/b18-17+. The Morgan fingerprint density at radius 1 is 0.500 bits per heavy atom. The highest BCUT2D eigenvalue weighted by Gasteiger charge is 2.12. The van der Waals surface area contributed by atoms with Crippen LogP contribution in [0.4, 0.5) is 0 Å². The van der Waals surface area contributed by atoms with Crippen molar-refractivity contribution in [3.63, 3.8) is 0 Å². The van der Waals surface area contributed by atoms with Crippen LogP contribution in [0.2, 0.25) is 0 Å². The van der Waals surface area contributed by atoms with E-state index in [1.54, 1.807) is 0 Å². The lowest BCUT2D eigenvalue weighted by atomic mass is 9.93. The van der Waals surface area contributed by atoms with Crippen molar-refractivity contribution < 1.29 is 29.9 Å². The Hall–Kier alpha value is -0.660. The van der Waals surface area contributed by atoms with Crippen molar-refractivity contribution in [2.75, 3.05) is 0 Å². The van der Waals surface area contributed by atoms with Crippen molar-refractivity contribution in [1.82, 2.24) is 0 Å². The van der Waals surface area contributed by atoms with Crippen LogP contribution >= 0.6 is 0 Å². The Kier molecular flexibility index (Phi) is 12.8. The fourth-order valence-corrected chi connectivity index (χ4v) is 3.82. The normalized spacial score (nSPS) is 30.8. The minimum atomic E-state index is 0.0259. The van der Waals surface area contributed by atoms with Gasteiger partial charge in [0.15, 0.2) is 0 Å². The van der Waals surface area contributed by atoms with Gasteiger partial charge >= 0.3 is 0 Å². The maximum atomic E-state index is 5.32. The van der Waals surface area contributed by atoms with E-state index in [1.807, 2.05) is 0 Å². The lowest BCUT2D eigenvalue weighted by Gasteiger charge is -2.16. The van der Waals surface area contributed by atoms with Gasteiger partial charge in [0.1, 0.15) is 6.26 Å². The molecule has 1 saturated carbocycles. The first-order valence-electron chi connectivity index (χ1n) is 10.6. The molecular formula is C20H36O6. The molecule has 0 aromatic heterocycles. The number of fused-ring (bicyclic) bond motifs is 20. The predicted octanol–water partition coefficient (Wildman–Crippen LogP) is 6.43. The van der Waals surface area contributed by atoms with E-state index in [4.69, 9.17) is 9.78 Å². The van der Waals surface area contributed by atoms with Crippen LogP contribution in [-0.2, 0) is 29.9 Å². The van der Waals surface area contributed by atoms with E-state index >= 15 is 0 Å². The second kappa shape index (κ2) is 15.4. The Morgan fingerprint density at radius 2 is 1.00 bits per heavy atom. The minimum Gasteiger partial charge on any atom is -0.314 e. The van der Waals surface area contributed by atoms with Gasteiger partial charge in [-0.3, -0.25) is 0 Å². The van der Waals surface area contributed by atoms with Crippen LogP contribution in [-0.4, -0.2) is 6.10 Å². The zero-order valence-electron chi connectivity index (χ0n) is 16.1. The van der Waals surface area contributed by atoms with Gasteiger partial charge in [-0.1, -0.05) is 77.0 Å². The fraction of sp³-hybridized carbons (Fsp3) is 0.900. The van der Waals surface area contributed by atoms with E-state index in [1.165, 1.54) is 83.3 Å². The monoisotopic (exact) mass is 372 g/mol. The van der Waals surface area contributed by atoms with Crippen LogP contribution in [0.5, 0.6) is 0 Å². The molecule has 0 N–H and O–H groups in total. The molecule has 0 radical (unpaired) electrons. The molecule has 3 rings (SSSR count). The minimum absolute atomic E-state index is 0.0259. The second-order valence-corrected chi connectivity index (χ2v) is 7.57. The van der Waals surface area contributed by atoms with Crippen molar-refractivity contribution in [3.05, 3.63) is 12.3 Å². The molecule has 2 heterocycles. The van der Waals surface area contributed by atoms with Gasteiger partial charge in [0.05, 0.1) is 6.10 Å². The molecule has 1 fully saturated rings. The molecule has 0 atom stereocenters. The summed E-state index contributed by atoms with van der Waals surface area (Å²) in [4.78, 5) is 10.2. The van der Waals surface area contributed by atoms with Crippen LogP contribution < -0.4 is 0 Å². The van der Waals surface area contributed by atoms with Gasteiger partial charge in [0.2, 0.25) is 0 Å². The number of allylic oxidation sites excluding steroid dienone is 1. The molecule has 2 bridgehead atoms. The third-order valence-electron chi connectivity index (χ3n) is 5.41. The summed E-state index contributed by atoms with van der Waals surface area (Å²) < 4.78 is 0. The maximum Gasteiger partial charge on any atom is 0.129 e. The highest BCUT2D eigenvalue weighted by molar-refractivity contribution is 4.82. The largest absolute Gasteiger partial charge is 0.314 e. The molecule has 3 aliphatic rings.